The first-order valence-electron chi connectivity index (χ1n) is 7.82. The third kappa shape index (κ3) is 3.70. The van der Waals surface area contributed by atoms with Crippen molar-refractivity contribution in [2.24, 2.45) is 0 Å². The smallest absolute Gasteiger partial charge is 0.308 e. The molecule has 3 rings (SSSR count). The maximum Gasteiger partial charge on any atom is 0.324 e. The summed E-state index contributed by atoms with van der Waals surface area (Å²) in [5.41, 5.74) is 1.63. The molecule has 0 aromatic heterocycles. The predicted octanol–water partition coefficient (Wildman–Crippen LogP) is 4.14. The van der Waals surface area contributed by atoms with Gasteiger partial charge in [0.25, 0.3) is 0 Å². The number of nitrogens with zero attached hydrogens (tertiary/aromatic N) is 2. The summed E-state index contributed by atoms with van der Waals surface area (Å²) in [6, 6.07) is 16.7. The number of hydrogen-bond donors (Lipinski definition) is 1. The van der Waals surface area contributed by atoms with E-state index < -0.39 is 6.23 Å². The zero-order valence-electron chi connectivity index (χ0n) is 13.6. The number of halogens is 1. The summed E-state index contributed by atoms with van der Waals surface area (Å²) >= 11 is 5.89. The predicted molar refractivity (Wildman–Crippen MR) is 94.7 cm³/mol. The number of nitrogens with one attached hydrogen (secondary N) is 1. The minimum Gasteiger partial charge on any atom is -0.308 e. The van der Waals surface area contributed by atoms with Crippen LogP contribution in [0.1, 0.15) is 18.7 Å². The highest BCUT2D eigenvalue weighted by Crippen LogP contribution is 2.29. The summed E-state index contributed by atoms with van der Waals surface area (Å²) in [7, 11) is 1.88. The van der Waals surface area contributed by atoms with Gasteiger partial charge in [0.05, 0.1) is 6.04 Å². The quantitative estimate of drug-likeness (QED) is 0.889. The van der Waals surface area contributed by atoms with Crippen molar-refractivity contribution in [3.05, 3.63) is 65.2 Å². The average Bonchev–Trinajstić information content (AvgIpc) is 2.59. The van der Waals surface area contributed by atoms with Crippen LogP contribution in [0.15, 0.2) is 54.6 Å². The van der Waals surface area contributed by atoms with Crippen LogP contribution in [-0.4, -0.2) is 35.6 Å². The van der Waals surface area contributed by atoms with Crippen LogP contribution >= 0.6 is 11.6 Å². The minimum atomic E-state index is -0.459. The number of hydrogen-bond acceptors (Lipinski definition) is 3. The van der Waals surface area contributed by atoms with E-state index in [1.54, 1.807) is 34.2 Å². The molecule has 0 aliphatic carbocycles. The number of rotatable bonds is 2. The van der Waals surface area contributed by atoms with E-state index in [4.69, 9.17) is 16.4 Å². The van der Waals surface area contributed by atoms with Crippen molar-refractivity contribution in [1.82, 2.24) is 9.96 Å². The molecule has 2 aromatic carbocycles. The molecule has 0 radical (unpaired) electrons. The molecule has 1 saturated heterocycles. The van der Waals surface area contributed by atoms with Gasteiger partial charge in [0, 0.05) is 29.9 Å². The molecule has 1 aliphatic rings. The van der Waals surface area contributed by atoms with Gasteiger partial charge in [-0.15, -0.1) is 0 Å². The lowest BCUT2D eigenvalue weighted by Gasteiger charge is -2.42. The highest BCUT2D eigenvalue weighted by Gasteiger charge is 2.35. The first-order chi connectivity index (χ1) is 11.5. The molecular formula is C18H20ClN3O2. The second-order valence-electron chi connectivity index (χ2n) is 5.85. The Hall–Kier alpha value is -2.08. The maximum absolute atomic E-state index is 12.8. The number of amides is 2. The van der Waals surface area contributed by atoms with Crippen LogP contribution < -0.4 is 5.32 Å². The third-order valence-electron chi connectivity index (χ3n) is 4.07. The Balaban J connectivity index is 1.81. The monoisotopic (exact) mass is 345 g/mol. The Labute approximate surface area is 146 Å². The van der Waals surface area contributed by atoms with Gasteiger partial charge in [-0.05, 0) is 31.2 Å². The van der Waals surface area contributed by atoms with E-state index in [1.807, 2.05) is 44.3 Å². The van der Waals surface area contributed by atoms with Gasteiger partial charge in [-0.1, -0.05) is 41.9 Å². The molecule has 5 nitrogen and oxygen atoms in total. The Bertz CT molecular complexity index is 693. The Morgan fingerprint density at radius 3 is 2.50 bits per heavy atom. The SMILES string of the molecule is C[C@H]1CN(C(=O)Nc2ccc(Cl)cc2)[C@H](c2ccccc2)ON1C. The van der Waals surface area contributed by atoms with Crippen molar-refractivity contribution in [3.8, 4) is 0 Å². The third-order valence-corrected chi connectivity index (χ3v) is 4.32. The van der Waals surface area contributed by atoms with Gasteiger partial charge in [-0.25, -0.2) is 4.79 Å². The number of hydroxylamine groups is 2. The molecule has 126 valence electrons. The van der Waals surface area contributed by atoms with Crippen molar-refractivity contribution in [2.75, 3.05) is 18.9 Å². The van der Waals surface area contributed by atoms with Crippen molar-refractivity contribution in [1.29, 1.82) is 0 Å². The van der Waals surface area contributed by atoms with E-state index in [0.29, 0.717) is 17.3 Å². The van der Waals surface area contributed by atoms with E-state index in [9.17, 15) is 4.79 Å². The second-order valence-corrected chi connectivity index (χ2v) is 6.29. The molecule has 0 spiro atoms. The zero-order chi connectivity index (χ0) is 17.1. The number of carbonyl (C=O) groups is 1. The van der Waals surface area contributed by atoms with E-state index in [0.717, 1.165) is 5.56 Å². The fraction of sp³-hybridized carbons (Fsp3) is 0.278. The van der Waals surface area contributed by atoms with Crippen LogP contribution in [0.5, 0.6) is 0 Å². The largest absolute Gasteiger partial charge is 0.324 e. The molecule has 1 heterocycles. The topological polar surface area (TPSA) is 44.8 Å². The van der Waals surface area contributed by atoms with Gasteiger partial charge in [0.1, 0.15) is 0 Å². The molecule has 6 heteroatoms. The second kappa shape index (κ2) is 7.21. The first-order valence-corrected chi connectivity index (χ1v) is 8.20. The molecule has 24 heavy (non-hydrogen) atoms. The highest BCUT2D eigenvalue weighted by atomic mass is 35.5. The van der Waals surface area contributed by atoms with Gasteiger partial charge >= 0.3 is 6.03 Å². The summed E-state index contributed by atoms with van der Waals surface area (Å²) < 4.78 is 0. The Morgan fingerprint density at radius 1 is 1.17 bits per heavy atom. The van der Waals surface area contributed by atoms with E-state index in [2.05, 4.69) is 5.32 Å². The van der Waals surface area contributed by atoms with Crippen LogP contribution in [0.2, 0.25) is 5.02 Å². The summed E-state index contributed by atoms with van der Waals surface area (Å²) in [5, 5.41) is 5.33. The molecule has 1 aliphatic heterocycles. The Kier molecular flexibility index (Phi) is 5.04. The molecule has 2 amide bonds. The van der Waals surface area contributed by atoms with E-state index in [1.165, 1.54) is 0 Å². The molecule has 0 unspecified atom stereocenters. The van der Waals surface area contributed by atoms with Crippen molar-refractivity contribution in [2.45, 2.75) is 19.2 Å². The molecule has 2 aromatic rings. The van der Waals surface area contributed by atoms with Crippen LogP contribution in [0, 0.1) is 0 Å². The number of anilines is 1. The van der Waals surface area contributed by atoms with Crippen LogP contribution in [-0.2, 0) is 4.84 Å². The lowest BCUT2D eigenvalue weighted by Crippen LogP contribution is -2.53. The van der Waals surface area contributed by atoms with Gasteiger partial charge in [-0.2, -0.15) is 5.06 Å². The van der Waals surface area contributed by atoms with Crippen LogP contribution in [0.4, 0.5) is 10.5 Å². The lowest BCUT2D eigenvalue weighted by molar-refractivity contribution is -0.272. The first kappa shape index (κ1) is 16.8. The lowest BCUT2D eigenvalue weighted by atomic mass is 10.1. The number of urea groups is 1. The average molecular weight is 346 g/mol. The number of likely N-dealkylation sites (N-methyl/N-ethyl adjacent to an activating group) is 1. The van der Waals surface area contributed by atoms with Gasteiger partial charge in [0.2, 0.25) is 0 Å². The summed E-state index contributed by atoms with van der Waals surface area (Å²) in [6.07, 6.45) is -0.459. The van der Waals surface area contributed by atoms with Gasteiger partial charge in [0.15, 0.2) is 6.23 Å². The van der Waals surface area contributed by atoms with Crippen molar-refractivity contribution < 1.29 is 9.63 Å². The molecule has 1 fully saturated rings. The molecule has 0 saturated carbocycles. The maximum atomic E-state index is 12.8. The molecule has 0 bridgehead atoms. The number of benzene rings is 2. The highest BCUT2D eigenvalue weighted by molar-refractivity contribution is 6.30. The molecule has 2 atom stereocenters. The number of carbonyl (C=O) groups excluding carboxylic acids is 1. The zero-order valence-corrected chi connectivity index (χ0v) is 14.4. The summed E-state index contributed by atoms with van der Waals surface area (Å²) in [6.45, 7) is 2.58. The fourth-order valence-electron chi connectivity index (χ4n) is 2.59. The van der Waals surface area contributed by atoms with Gasteiger partial charge in [-0.3, -0.25) is 9.74 Å². The standard InChI is InChI=1S/C18H20ClN3O2/c1-13-12-22(18(23)20-16-10-8-15(19)9-11-16)17(24-21(13)2)14-6-4-3-5-7-14/h3-11,13,17H,12H2,1-2H3,(H,20,23)/t13-,17-/m0/s1. The summed E-state index contributed by atoms with van der Waals surface area (Å²) in [5.74, 6) is 0. The fourth-order valence-corrected chi connectivity index (χ4v) is 2.72. The van der Waals surface area contributed by atoms with E-state index >= 15 is 0 Å². The minimum absolute atomic E-state index is 0.0981. The van der Waals surface area contributed by atoms with Crippen LogP contribution in [0.25, 0.3) is 0 Å². The van der Waals surface area contributed by atoms with E-state index in [-0.39, 0.29) is 12.1 Å². The normalized spacial score (nSPS) is 21.5. The molecular weight excluding hydrogens is 326 g/mol. The van der Waals surface area contributed by atoms with Gasteiger partial charge < -0.3 is 5.32 Å². The van der Waals surface area contributed by atoms with Crippen molar-refractivity contribution in [3.63, 3.8) is 0 Å². The Morgan fingerprint density at radius 2 is 1.83 bits per heavy atom. The van der Waals surface area contributed by atoms with Crippen molar-refractivity contribution >= 4 is 23.3 Å². The summed E-state index contributed by atoms with van der Waals surface area (Å²) in [4.78, 5) is 20.4. The molecule has 1 N–H and O–H groups in total. The van der Waals surface area contributed by atoms with Crippen LogP contribution in [0.3, 0.4) is 0 Å².